The molecule has 0 unspecified atom stereocenters. The third-order valence-corrected chi connectivity index (χ3v) is 5.83. The van der Waals surface area contributed by atoms with Crippen molar-refractivity contribution in [3.8, 4) is 0 Å². The number of esters is 1. The maximum Gasteiger partial charge on any atom is 0.305 e. The number of hydrogen-bond donors (Lipinski definition) is 0. The van der Waals surface area contributed by atoms with Crippen molar-refractivity contribution >= 4 is 5.97 Å². The van der Waals surface area contributed by atoms with Gasteiger partial charge in [-0.05, 0) is 63.2 Å². The quantitative estimate of drug-likeness (QED) is 0.724. The highest BCUT2D eigenvalue weighted by atomic mass is 16.7. The van der Waals surface area contributed by atoms with Crippen LogP contribution >= 0.6 is 0 Å². The van der Waals surface area contributed by atoms with E-state index in [0.29, 0.717) is 18.4 Å². The summed E-state index contributed by atoms with van der Waals surface area (Å²) >= 11 is 0. The van der Waals surface area contributed by atoms with Gasteiger partial charge in [-0.2, -0.15) is 0 Å². The Morgan fingerprint density at radius 3 is 2.82 bits per heavy atom. The molecule has 2 saturated carbocycles. The first-order valence-corrected chi connectivity index (χ1v) is 9.09. The van der Waals surface area contributed by atoms with Crippen LogP contribution in [-0.4, -0.2) is 31.6 Å². The molecular weight excluding hydrogens is 280 g/mol. The zero-order chi connectivity index (χ0) is 15.5. The van der Waals surface area contributed by atoms with Crippen molar-refractivity contribution in [1.82, 2.24) is 0 Å². The van der Waals surface area contributed by atoms with Gasteiger partial charge >= 0.3 is 5.97 Å². The molecule has 1 aliphatic heterocycles. The summed E-state index contributed by atoms with van der Waals surface area (Å²) in [6.45, 7) is 3.89. The van der Waals surface area contributed by atoms with Gasteiger partial charge < -0.3 is 14.2 Å². The van der Waals surface area contributed by atoms with E-state index in [9.17, 15) is 4.79 Å². The normalized spacial score (nSPS) is 33.6. The summed E-state index contributed by atoms with van der Waals surface area (Å²) in [5.41, 5.74) is 0.442. The molecule has 2 aliphatic carbocycles. The molecule has 22 heavy (non-hydrogen) atoms. The lowest BCUT2D eigenvalue weighted by Crippen LogP contribution is -2.41. The van der Waals surface area contributed by atoms with E-state index in [1.807, 2.05) is 6.92 Å². The highest BCUT2D eigenvalue weighted by Gasteiger charge is 2.50. The van der Waals surface area contributed by atoms with Gasteiger partial charge in [-0.3, -0.25) is 4.79 Å². The van der Waals surface area contributed by atoms with E-state index >= 15 is 0 Å². The molecule has 3 fully saturated rings. The Morgan fingerprint density at radius 1 is 1.23 bits per heavy atom. The zero-order valence-electron chi connectivity index (χ0n) is 13.9. The van der Waals surface area contributed by atoms with E-state index in [-0.39, 0.29) is 11.8 Å². The topological polar surface area (TPSA) is 44.8 Å². The minimum absolute atomic E-state index is 0.0421. The van der Waals surface area contributed by atoms with Gasteiger partial charge in [0, 0.05) is 19.3 Å². The number of hydrogen-bond acceptors (Lipinski definition) is 4. The first-order valence-electron chi connectivity index (χ1n) is 9.09. The number of carbonyl (C=O) groups excluding carboxylic acids is 1. The lowest BCUT2D eigenvalue weighted by Gasteiger charge is -2.43. The molecule has 3 aliphatic rings. The maximum absolute atomic E-state index is 11.4. The van der Waals surface area contributed by atoms with Crippen LogP contribution in [0.4, 0.5) is 0 Å². The standard InChI is InChI=1S/C18H30O4/c1-2-20-16(19)6-3-5-15-7-10-17(13-15)8-4-9-18(14-17)21-11-12-22-18/h15H,2-14H2,1H3/t15-,17-/m0/s1. The van der Waals surface area contributed by atoms with E-state index in [2.05, 4.69) is 0 Å². The molecular formula is C18H30O4. The third-order valence-electron chi connectivity index (χ3n) is 5.83. The number of ether oxygens (including phenoxy) is 3. The maximum atomic E-state index is 11.4. The first kappa shape index (κ1) is 16.3. The van der Waals surface area contributed by atoms with Crippen molar-refractivity contribution in [2.45, 2.75) is 76.9 Å². The lowest BCUT2D eigenvalue weighted by atomic mass is 9.69. The van der Waals surface area contributed by atoms with Gasteiger partial charge in [-0.15, -0.1) is 0 Å². The van der Waals surface area contributed by atoms with E-state index in [4.69, 9.17) is 14.2 Å². The fourth-order valence-corrected chi connectivity index (χ4v) is 4.95. The third kappa shape index (κ3) is 3.65. The molecule has 0 aromatic carbocycles. The van der Waals surface area contributed by atoms with E-state index < -0.39 is 0 Å². The Kier molecular flexibility index (Phi) is 5.08. The molecule has 0 N–H and O–H groups in total. The van der Waals surface area contributed by atoms with E-state index in [0.717, 1.165) is 44.8 Å². The Labute approximate surface area is 133 Å². The largest absolute Gasteiger partial charge is 0.466 e. The molecule has 2 atom stereocenters. The van der Waals surface area contributed by atoms with Crippen molar-refractivity contribution in [2.24, 2.45) is 11.3 Å². The van der Waals surface area contributed by atoms with Crippen LogP contribution in [0.15, 0.2) is 0 Å². The summed E-state index contributed by atoms with van der Waals surface area (Å²) in [5, 5.41) is 0. The summed E-state index contributed by atoms with van der Waals surface area (Å²) in [5.74, 6) is 0.475. The van der Waals surface area contributed by atoms with Crippen molar-refractivity contribution in [2.75, 3.05) is 19.8 Å². The van der Waals surface area contributed by atoms with Gasteiger partial charge in [-0.1, -0.05) is 0 Å². The monoisotopic (exact) mass is 310 g/mol. The van der Waals surface area contributed by atoms with Crippen molar-refractivity contribution in [3.63, 3.8) is 0 Å². The summed E-state index contributed by atoms with van der Waals surface area (Å²) in [7, 11) is 0. The molecule has 0 bridgehead atoms. The van der Waals surface area contributed by atoms with Gasteiger partial charge in [0.15, 0.2) is 5.79 Å². The van der Waals surface area contributed by atoms with Crippen molar-refractivity contribution in [3.05, 3.63) is 0 Å². The van der Waals surface area contributed by atoms with E-state index in [1.165, 1.54) is 32.1 Å². The molecule has 0 aromatic heterocycles. The zero-order valence-corrected chi connectivity index (χ0v) is 13.9. The molecule has 0 amide bonds. The Balaban J connectivity index is 1.46. The van der Waals surface area contributed by atoms with Crippen LogP contribution in [-0.2, 0) is 19.0 Å². The molecule has 0 radical (unpaired) electrons. The van der Waals surface area contributed by atoms with Gasteiger partial charge in [0.1, 0.15) is 0 Å². The predicted molar refractivity (Wildman–Crippen MR) is 83.4 cm³/mol. The predicted octanol–water partition coefficient (Wildman–Crippen LogP) is 3.82. The van der Waals surface area contributed by atoms with Gasteiger partial charge in [0.05, 0.1) is 19.8 Å². The van der Waals surface area contributed by atoms with Crippen molar-refractivity contribution in [1.29, 1.82) is 0 Å². The highest BCUT2D eigenvalue weighted by molar-refractivity contribution is 5.69. The molecule has 0 aromatic rings. The summed E-state index contributed by atoms with van der Waals surface area (Å²) in [4.78, 5) is 11.4. The van der Waals surface area contributed by atoms with Gasteiger partial charge in [-0.25, -0.2) is 0 Å². The molecule has 3 rings (SSSR count). The second-order valence-electron chi connectivity index (χ2n) is 7.44. The minimum atomic E-state index is -0.252. The Hall–Kier alpha value is -0.610. The van der Waals surface area contributed by atoms with E-state index in [1.54, 1.807) is 0 Å². The molecule has 1 heterocycles. The summed E-state index contributed by atoms with van der Waals surface area (Å²) in [6.07, 6.45) is 11.3. The van der Waals surface area contributed by atoms with Crippen LogP contribution < -0.4 is 0 Å². The van der Waals surface area contributed by atoms with Crippen LogP contribution in [0, 0.1) is 11.3 Å². The van der Waals surface area contributed by atoms with Crippen LogP contribution in [0.2, 0.25) is 0 Å². The van der Waals surface area contributed by atoms with Crippen LogP contribution in [0.1, 0.15) is 71.1 Å². The molecule has 4 nitrogen and oxygen atoms in total. The molecule has 126 valence electrons. The molecule has 4 heteroatoms. The fraction of sp³-hybridized carbons (Fsp3) is 0.944. The average Bonchev–Trinajstić information content (AvgIpc) is 3.08. The van der Waals surface area contributed by atoms with Crippen LogP contribution in [0.5, 0.6) is 0 Å². The Bertz CT molecular complexity index is 389. The number of carbonyl (C=O) groups is 1. The fourth-order valence-electron chi connectivity index (χ4n) is 4.95. The van der Waals surface area contributed by atoms with Gasteiger partial charge in [0.2, 0.25) is 0 Å². The lowest BCUT2D eigenvalue weighted by molar-refractivity contribution is -0.201. The average molecular weight is 310 g/mol. The first-order chi connectivity index (χ1) is 10.7. The SMILES string of the molecule is CCOC(=O)CCC[C@H]1CC[C@@]2(CCCC3(C2)OCCO3)C1. The van der Waals surface area contributed by atoms with Crippen molar-refractivity contribution < 1.29 is 19.0 Å². The summed E-state index contributed by atoms with van der Waals surface area (Å²) < 4.78 is 16.9. The highest BCUT2D eigenvalue weighted by Crippen LogP contribution is 2.56. The number of rotatable bonds is 5. The van der Waals surface area contributed by atoms with Gasteiger partial charge in [0.25, 0.3) is 0 Å². The second kappa shape index (κ2) is 6.88. The smallest absolute Gasteiger partial charge is 0.305 e. The second-order valence-corrected chi connectivity index (χ2v) is 7.44. The molecule has 2 spiro atoms. The minimum Gasteiger partial charge on any atom is -0.466 e. The Morgan fingerprint density at radius 2 is 2.05 bits per heavy atom. The summed E-state index contributed by atoms with van der Waals surface area (Å²) in [6, 6.07) is 0. The van der Waals surface area contributed by atoms with Crippen LogP contribution in [0.25, 0.3) is 0 Å². The molecule has 1 saturated heterocycles. The van der Waals surface area contributed by atoms with Crippen LogP contribution in [0.3, 0.4) is 0 Å².